The van der Waals surface area contributed by atoms with Gasteiger partial charge in [0.15, 0.2) is 0 Å². The summed E-state index contributed by atoms with van der Waals surface area (Å²) >= 11 is 0. The Labute approximate surface area is 79.7 Å². The molecule has 3 atom stereocenters. The van der Waals surface area contributed by atoms with E-state index in [0.29, 0.717) is 6.42 Å². The van der Waals surface area contributed by atoms with E-state index in [1.54, 1.807) is 0 Å². The zero-order valence-electron chi connectivity index (χ0n) is 8.67. The van der Waals surface area contributed by atoms with Crippen molar-refractivity contribution in [3.63, 3.8) is 0 Å². The molecule has 1 saturated carbocycles. The predicted molar refractivity (Wildman–Crippen MR) is 51.4 cm³/mol. The van der Waals surface area contributed by atoms with E-state index in [4.69, 9.17) is 0 Å². The van der Waals surface area contributed by atoms with Crippen LogP contribution < -0.4 is 0 Å². The smallest absolute Gasteiger partial charge is 0.146 e. The van der Waals surface area contributed by atoms with Gasteiger partial charge in [-0.2, -0.15) is 0 Å². The minimum absolute atomic E-state index is 0.0904. The average Bonchev–Trinajstić information content (AvgIpc) is 2.12. The molecule has 0 spiro atoms. The first-order chi connectivity index (χ1) is 6.11. The second-order valence-corrected chi connectivity index (χ2v) is 4.01. The van der Waals surface area contributed by atoms with Gasteiger partial charge >= 0.3 is 0 Å². The lowest BCUT2D eigenvalue weighted by atomic mass is 9.72. The summed E-state index contributed by atoms with van der Waals surface area (Å²) in [6, 6.07) is 0. The molecule has 0 amide bonds. The Balaban J connectivity index is 2.81. The summed E-state index contributed by atoms with van der Waals surface area (Å²) in [5.41, 5.74) is 0. The molecular formula is C11H18O2. The second kappa shape index (κ2) is 4.03. The van der Waals surface area contributed by atoms with Crippen molar-refractivity contribution in [2.75, 3.05) is 0 Å². The Morgan fingerprint density at radius 1 is 1.15 bits per heavy atom. The number of carbonyl (C=O) groups excluding carboxylic acids is 2. The largest absolute Gasteiger partial charge is 0.299 e. The molecule has 2 heteroatoms. The molecule has 74 valence electrons. The minimum atomic E-state index is -0.298. The van der Waals surface area contributed by atoms with Crippen molar-refractivity contribution in [3.05, 3.63) is 0 Å². The Morgan fingerprint density at radius 2 is 1.77 bits per heavy atom. The third kappa shape index (κ3) is 1.82. The van der Waals surface area contributed by atoms with Crippen LogP contribution in [0.15, 0.2) is 0 Å². The molecule has 0 aromatic heterocycles. The highest BCUT2D eigenvalue weighted by atomic mass is 16.2. The fourth-order valence-electron chi connectivity index (χ4n) is 2.20. The highest BCUT2D eigenvalue weighted by Gasteiger charge is 2.38. The SMILES string of the molecule is CCC1CC(C)C(=O)C(CC)C1=O. The Bertz CT molecular complexity index is 220. The molecular weight excluding hydrogens is 164 g/mol. The van der Waals surface area contributed by atoms with E-state index in [9.17, 15) is 9.59 Å². The van der Waals surface area contributed by atoms with Gasteiger partial charge in [-0.15, -0.1) is 0 Å². The lowest BCUT2D eigenvalue weighted by Crippen LogP contribution is -2.39. The average molecular weight is 182 g/mol. The normalized spacial score (nSPS) is 35.2. The van der Waals surface area contributed by atoms with Crippen molar-refractivity contribution in [2.45, 2.75) is 40.0 Å². The van der Waals surface area contributed by atoms with Crippen LogP contribution in [0.1, 0.15) is 40.0 Å². The van der Waals surface area contributed by atoms with Crippen LogP contribution in [0.25, 0.3) is 0 Å². The summed E-state index contributed by atoms with van der Waals surface area (Å²) in [6.45, 7) is 5.89. The monoisotopic (exact) mass is 182 g/mol. The van der Waals surface area contributed by atoms with E-state index >= 15 is 0 Å². The van der Waals surface area contributed by atoms with Crippen molar-refractivity contribution < 1.29 is 9.59 Å². The molecule has 0 aromatic rings. The van der Waals surface area contributed by atoms with Gasteiger partial charge < -0.3 is 0 Å². The molecule has 1 aliphatic rings. The zero-order chi connectivity index (χ0) is 10.0. The number of rotatable bonds is 2. The van der Waals surface area contributed by atoms with Gasteiger partial charge in [-0.3, -0.25) is 9.59 Å². The molecule has 3 unspecified atom stereocenters. The summed E-state index contributed by atoms with van der Waals surface area (Å²) in [4.78, 5) is 23.3. The molecule has 0 saturated heterocycles. The van der Waals surface area contributed by atoms with Crippen molar-refractivity contribution in [2.24, 2.45) is 17.8 Å². The zero-order valence-corrected chi connectivity index (χ0v) is 8.67. The van der Waals surface area contributed by atoms with E-state index in [2.05, 4.69) is 0 Å². The lowest BCUT2D eigenvalue weighted by molar-refractivity contribution is -0.142. The van der Waals surface area contributed by atoms with Crippen molar-refractivity contribution >= 4 is 11.6 Å². The van der Waals surface area contributed by atoms with Crippen molar-refractivity contribution in [1.29, 1.82) is 0 Å². The van der Waals surface area contributed by atoms with Crippen LogP contribution in [0.3, 0.4) is 0 Å². The molecule has 0 N–H and O–H groups in total. The van der Waals surface area contributed by atoms with E-state index in [1.807, 2.05) is 20.8 Å². The van der Waals surface area contributed by atoms with Gasteiger partial charge in [-0.25, -0.2) is 0 Å². The Hall–Kier alpha value is -0.660. The van der Waals surface area contributed by atoms with Gasteiger partial charge in [-0.1, -0.05) is 20.8 Å². The van der Waals surface area contributed by atoms with E-state index in [0.717, 1.165) is 12.8 Å². The minimum Gasteiger partial charge on any atom is -0.299 e. The van der Waals surface area contributed by atoms with Crippen molar-refractivity contribution in [1.82, 2.24) is 0 Å². The molecule has 1 aliphatic carbocycles. The summed E-state index contributed by atoms with van der Waals surface area (Å²) < 4.78 is 0. The number of hydrogen-bond donors (Lipinski definition) is 0. The number of hydrogen-bond acceptors (Lipinski definition) is 2. The van der Waals surface area contributed by atoms with Crippen LogP contribution in [0, 0.1) is 17.8 Å². The standard InChI is InChI=1S/C11H18O2/c1-4-8-6-7(3)10(12)9(5-2)11(8)13/h7-9H,4-6H2,1-3H3. The maximum Gasteiger partial charge on any atom is 0.146 e. The van der Waals surface area contributed by atoms with Gasteiger partial charge in [0.05, 0.1) is 5.92 Å². The number of Topliss-reactive ketones (excluding diaryl/α,β-unsaturated/α-hetero) is 2. The quantitative estimate of drug-likeness (QED) is 0.614. The van der Waals surface area contributed by atoms with Gasteiger partial charge in [0, 0.05) is 11.8 Å². The highest BCUT2D eigenvalue weighted by molar-refractivity contribution is 6.06. The first kappa shape index (κ1) is 10.4. The molecule has 0 heterocycles. The van der Waals surface area contributed by atoms with E-state index < -0.39 is 0 Å². The molecule has 1 fully saturated rings. The first-order valence-electron chi connectivity index (χ1n) is 5.19. The molecule has 0 aliphatic heterocycles. The molecule has 0 bridgehead atoms. The van der Waals surface area contributed by atoms with Crippen LogP contribution >= 0.6 is 0 Å². The molecule has 0 aromatic carbocycles. The van der Waals surface area contributed by atoms with Crippen LogP contribution in [0.5, 0.6) is 0 Å². The van der Waals surface area contributed by atoms with Crippen LogP contribution in [0.2, 0.25) is 0 Å². The molecule has 0 radical (unpaired) electrons. The molecule has 1 rings (SSSR count). The fourth-order valence-corrected chi connectivity index (χ4v) is 2.20. The van der Waals surface area contributed by atoms with Crippen LogP contribution in [0.4, 0.5) is 0 Å². The van der Waals surface area contributed by atoms with E-state index in [-0.39, 0.29) is 29.3 Å². The summed E-state index contributed by atoms with van der Waals surface area (Å²) in [5.74, 6) is 0.282. The predicted octanol–water partition coefficient (Wildman–Crippen LogP) is 2.22. The molecule has 13 heavy (non-hydrogen) atoms. The summed E-state index contributed by atoms with van der Waals surface area (Å²) in [6.07, 6.45) is 2.33. The van der Waals surface area contributed by atoms with Crippen LogP contribution in [-0.4, -0.2) is 11.6 Å². The van der Waals surface area contributed by atoms with Crippen LogP contribution in [-0.2, 0) is 9.59 Å². The molecule has 2 nitrogen and oxygen atoms in total. The van der Waals surface area contributed by atoms with Gasteiger partial charge in [0.1, 0.15) is 11.6 Å². The fraction of sp³-hybridized carbons (Fsp3) is 0.818. The van der Waals surface area contributed by atoms with Gasteiger partial charge in [0.2, 0.25) is 0 Å². The number of carbonyl (C=O) groups is 2. The highest BCUT2D eigenvalue weighted by Crippen LogP contribution is 2.30. The summed E-state index contributed by atoms with van der Waals surface area (Å²) in [7, 11) is 0. The van der Waals surface area contributed by atoms with E-state index in [1.165, 1.54) is 0 Å². The maximum absolute atomic E-state index is 11.7. The lowest BCUT2D eigenvalue weighted by Gasteiger charge is -2.29. The first-order valence-corrected chi connectivity index (χ1v) is 5.19. The van der Waals surface area contributed by atoms with Gasteiger partial charge in [0.25, 0.3) is 0 Å². The van der Waals surface area contributed by atoms with Gasteiger partial charge in [-0.05, 0) is 19.3 Å². The number of ketones is 2. The Kier molecular flexibility index (Phi) is 3.23. The Morgan fingerprint density at radius 3 is 2.23 bits per heavy atom. The third-order valence-corrected chi connectivity index (χ3v) is 3.11. The maximum atomic E-state index is 11.7. The summed E-state index contributed by atoms with van der Waals surface area (Å²) in [5, 5.41) is 0. The second-order valence-electron chi connectivity index (χ2n) is 4.01. The third-order valence-electron chi connectivity index (χ3n) is 3.11. The topological polar surface area (TPSA) is 34.1 Å². The van der Waals surface area contributed by atoms with Crippen molar-refractivity contribution in [3.8, 4) is 0 Å².